The molecule has 2 rings (SSSR count). The summed E-state index contributed by atoms with van der Waals surface area (Å²) in [6.07, 6.45) is 0. The first-order valence-electron chi connectivity index (χ1n) is 3.99. The van der Waals surface area contributed by atoms with Crippen molar-refractivity contribution < 1.29 is 23.0 Å². The van der Waals surface area contributed by atoms with Crippen molar-refractivity contribution in [2.75, 3.05) is 6.79 Å². The monoisotopic (exact) mass is 250 g/mol. The van der Waals surface area contributed by atoms with Gasteiger partial charge < -0.3 is 14.6 Å². The Labute approximate surface area is 90.6 Å². The molecule has 0 radical (unpaired) electrons. The topological polar surface area (TPSA) is 72.8 Å². The number of aromatic hydroxyl groups is 1. The molecule has 0 atom stereocenters. The van der Waals surface area contributed by atoms with E-state index in [2.05, 4.69) is 0 Å². The van der Waals surface area contributed by atoms with Gasteiger partial charge in [0.1, 0.15) is 0 Å². The van der Waals surface area contributed by atoms with Gasteiger partial charge in [0.25, 0.3) is 0 Å². The molecule has 15 heavy (non-hydrogen) atoms. The molecule has 0 unspecified atom stereocenters. The molecule has 0 aliphatic carbocycles. The van der Waals surface area contributed by atoms with Crippen LogP contribution in [-0.4, -0.2) is 20.3 Å². The maximum absolute atomic E-state index is 10.8. The van der Waals surface area contributed by atoms with Crippen LogP contribution in [0.1, 0.15) is 5.56 Å². The quantitative estimate of drug-likeness (QED) is 0.798. The minimum absolute atomic E-state index is 0.0139. The second-order valence-electron chi connectivity index (χ2n) is 3.03. The molecule has 1 aliphatic heterocycles. The predicted octanol–water partition coefficient (Wildman–Crippen LogP) is 1.19. The van der Waals surface area contributed by atoms with Crippen LogP contribution in [0.25, 0.3) is 0 Å². The van der Waals surface area contributed by atoms with Crippen LogP contribution >= 0.6 is 10.7 Å². The fraction of sp³-hybridized carbons (Fsp3) is 0.250. The molecular formula is C8H7ClO5S. The Balaban J connectivity index is 2.40. The standard InChI is InChI=1S/C8H7ClO5S/c9-15(11,12)3-5-1-6(10)8-7(2-5)13-4-14-8/h1-2,10H,3-4H2. The van der Waals surface area contributed by atoms with Gasteiger partial charge in [0.15, 0.2) is 11.5 Å². The van der Waals surface area contributed by atoms with Gasteiger partial charge in [-0.05, 0) is 17.7 Å². The van der Waals surface area contributed by atoms with Gasteiger partial charge >= 0.3 is 0 Å². The van der Waals surface area contributed by atoms with Gasteiger partial charge in [0.05, 0.1) is 5.75 Å². The zero-order valence-corrected chi connectivity index (χ0v) is 9.01. The lowest BCUT2D eigenvalue weighted by Crippen LogP contribution is -1.95. The third-order valence-corrected chi connectivity index (χ3v) is 2.86. The molecule has 0 fully saturated rings. The van der Waals surface area contributed by atoms with E-state index in [4.69, 9.17) is 20.2 Å². The lowest BCUT2D eigenvalue weighted by Gasteiger charge is -2.03. The summed E-state index contributed by atoms with van der Waals surface area (Å²) in [7, 11) is 1.44. The summed E-state index contributed by atoms with van der Waals surface area (Å²) in [5, 5.41) is 9.47. The van der Waals surface area contributed by atoms with Gasteiger partial charge in [-0.2, -0.15) is 0 Å². The normalized spacial score (nSPS) is 14.2. The van der Waals surface area contributed by atoms with Gasteiger partial charge in [-0.1, -0.05) is 0 Å². The molecule has 1 aliphatic rings. The van der Waals surface area contributed by atoms with E-state index in [0.29, 0.717) is 11.3 Å². The summed E-state index contributed by atoms with van der Waals surface area (Å²) in [6, 6.07) is 2.76. The summed E-state index contributed by atoms with van der Waals surface area (Å²) in [5.41, 5.74) is 0.353. The van der Waals surface area contributed by atoms with Crippen LogP contribution in [0.5, 0.6) is 17.2 Å². The van der Waals surface area contributed by atoms with Gasteiger partial charge in [-0.3, -0.25) is 0 Å². The SMILES string of the molecule is O=S(=O)(Cl)Cc1cc(O)c2c(c1)OCO2. The maximum Gasteiger partial charge on any atom is 0.236 e. The summed E-state index contributed by atoms with van der Waals surface area (Å²) < 4.78 is 31.6. The largest absolute Gasteiger partial charge is 0.504 e. The van der Waals surface area contributed by atoms with Gasteiger partial charge in [-0.15, -0.1) is 0 Å². The third-order valence-electron chi connectivity index (χ3n) is 1.85. The smallest absolute Gasteiger partial charge is 0.236 e. The second kappa shape index (κ2) is 3.46. The van der Waals surface area contributed by atoms with Crippen molar-refractivity contribution in [2.24, 2.45) is 0 Å². The van der Waals surface area contributed by atoms with E-state index < -0.39 is 9.05 Å². The summed E-state index contributed by atoms with van der Waals surface area (Å²) in [4.78, 5) is 0. The minimum Gasteiger partial charge on any atom is -0.504 e. The fourth-order valence-corrected chi connectivity index (χ4v) is 2.27. The third kappa shape index (κ3) is 2.27. The average Bonchev–Trinajstić information content (AvgIpc) is 2.48. The van der Waals surface area contributed by atoms with E-state index in [0.717, 1.165) is 0 Å². The van der Waals surface area contributed by atoms with E-state index in [1.165, 1.54) is 12.1 Å². The van der Waals surface area contributed by atoms with Crippen LogP contribution in [0.2, 0.25) is 0 Å². The van der Waals surface area contributed by atoms with Crippen molar-refractivity contribution in [3.63, 3.8) is 0 Å². The molecule has 0 bridgehead atoms. The first-order chi connectivity index (χ1) is 6.96. The van der Waals surface area contributed by atoms with E-state index in [1.807, 2.05) is 0 Å². The molecule has 5 nitrogen and oxygen atoms in total. The van der Waals surface area contributed by atoms with Gasteiger partial charge in [-0.25, -0.2) is 8.42 Å². The zero-order valence-electron chi connectivity index (χ0n) is 7.44. The van der Waals surface area contributed by atoms with E-state index in [9.17, 15) is 13.5 Å². The van der Waals surface area contributed by atoms with Crippen LogP contribution in [-0.2, 0) is 14.8 Å². The molecule has 7 heteroatoms. The minimum atomic E-state index is -3.65. The van der Waals surface area contributed by atoms with Crippen molar-refractivity contribution in [2.45, 2.75) is 5.75 Å². The number of rotatable bonds is 2. The number of hydrogen-bond acceptors (Lipinski definition) is 5. The second-order valence-corrected chi connectivity index (χ2v) is 5.81. The maximum atomic E-state index is 10.8. The van der Waals surface area contributed by atoms with E-state index >= 15 is 0 Å². The Kier molecular flexibility index (Phi) is 2.40. The molecule has 0 saturated heterocycles. The number of halogens is 1. The summed E-state index contributed by atoms with van der Waals surface area (Å²) in [5.74, 6) is 0.0371. The van der Waals surface area contributed by atoms with Crippen molar-refractivity contribution in [3.8, 4) is 17.2 Å². The first kappa shape index (κ1) is 10.4. The molecule has 1 heterocycles. The highest BCUT2D eigenvalue weighted by Crippen LogP contribution is 2.41. The molecule has 1 N–H and O–H groups in total. The van der Waals surface area contributed by atoms with Crippen molar-refractivity contribution in [1.82, 2.24) is 0 Å². The molecule has 1 aromatic rings. The van der Waals surface area contributed by atoms with Crippen molar-refractivity contribution in [1.29, 1.82) is 0 Å². The number of phenolic OH excluding ortho intramolecular Hbond substituents is 1. The number of fused-ring (bicyclic) bond motifs is 1. The van der Waals surface area contributed by atoms with Crippen LogP contribution in [0.3, 0.4) is 0 Å². The van der Waals surface area contributed by atoms with Crippen molar-refractivity contribution >= 4 is 19.7 Å². The fourth-order valence-electron chi connectivity index (χ4n) is 1.33. The molecule has 82 valence electrons. The summed E-state index contributed by atoms with van der Waals surface area (Å²) in [6.45, 7) is 0.0139. The Hall–Kier alpha value is -1.14. The molecule has 1 aromatic carbocycles. The van der Waals surface area contributed by atoms with Crippen LogP contribution < -0.4 is 9.47 Å². The lowest BCUT2D eigenvalue weighted by molar-refractivity contribution is 0.171. The van der Waals surface area contributed by atoms with Crippen LogP contribution in [0.15, 0.2) is 12.1 Å². The number of benzene rings is 1. The molecule has 0 spiro atoms. The highest BCUT2D eigenvalue weighted by molar-refractivity contribution is 8.13. The molecule has 0 amide bonds. The average molecular weight is 251 g/mol. The van der Waals surface area contributed by atoms with Crippen LogP contribution in [0.4, 0.5) is 0 Å². The number of hydrogen-bond donors (Lipinski definition) is 1. The van der Waals surface area contributed by atoms with E-state index in [1.54, 1.807) is 0 Å². The van der Waals surface area contributed by atoms with Crippen LogP contribution in [0, 0.1) is 0 Å². The highest BCUT2D eigenvalue weighted by Gasteiger charge is 2.20. The first-order valence-corrected chi connectivity index (χ1v) is 6.47. The molecule has 0 saturated carbocycles. The Morgan fingerprint density at radius 1 is 1.40 bits per heavy atom. The zero-order chi connectivity index (χ0) is 11.1. The van der Waals surface area contributed by atoms with Gasteiger partial charge in [0, 0.05) is 10.7 Å². The summed E-state index contributed by atoms with van der Waals surface area (Å²) >= 11 is 0. The Morgan fingerprint density at radius 2 is 2.13 bits per heavy atom. The Morgan fingerprint density at radius 3 is 2.80 bits per heavy atom. The van der Waals surface area contributed by atoms with Gasteiger partial charge in [0.2, 0.25) is 21.6 Å². The predicted molar refractivity (Wildman–Crippen MR) is 52.7 cm³/mol. The van der Waals surface area contributed by atoms with Crippen molar-refractivity contribution in [3.05, 3.63) is 17.7 Å². The lowest BCUT2D eigenvalue weighted by atomic mass is 10.2. The molecular weight excluding hydrogens is 244 g/mol. The molecule has 0 aromatic heterocycles. The Bertz CT molecular complexity index is 496. The van der Waals surface area contributed by atoms with E-state index in [-0.39, 0.29) is 24.0 Å². The number of ether oxygens (including phenoxy) is 2. The highest BCUT2D eigenvalue weighted by atomic mass is 35.7. The number of phenols is 1.